The highest BCUT2D eigenvalue weighted by Crippen LogP contribution is 2.43. The lowest BCUT2D eigenvalue weighted by atomic mass is 9.64. The number of hydrogen-bond donors (Lipinski definition) is 1. The summed E-state index contributed by atoms with van der Waals surface area (Å²) < 4.78 is 167. The molecule has 0 spiro atoms. The van der Waals surface area contributed by atoms with Crippen LogP contribution in [0, 0.1) is 5.92 Å². The molecule has 1 atom stereocenters. The van der Waals surface area contributed by atoms with Crippen LogP contribution in [-0.4, -0.2) is 37.0 Å². The fourth-order valence-electron chi connectivity index (χ4n) is 4.11. The van der Waals surface area contributed by atoms with Gasteiger partial charge in [0.2, 0.25) is 5.91 Å². The van der Waals surface area contributed by atoms with Crippen molar-refractivity contribution in [3.8, 4) is 5.75 Å². The summed E-state index contributed by atoms with van der Waals surface area (Å²) in [4.78, 5) is 14.8. The summed E-state index contributed by atoms with van der Waals surface area (Å²) in [5.41, 5.74) is 0.408. The second-order valence-electron chi connectivity index (χ2n) is 7.32. The quantitative estimate of drug-likeness (QED) is 0.599. The van der Waals surface area contributed by atoms with Crippen molar-refractivity contribution in [2.24, 2.45) is 11.7 Å². The maximum atomic E-state index is 13.9. The van der Waals surface area contributed by atoms with Crippen LogP contribution in [0.25, 0.3) is 0 Å². The zero-order valence-electron chi connectivity index (χ0n) is 35.7. The molecule has 0 aliphatic carbocycles. The molecular weight excluding hydrogens is 396 g/mol. The first-order valence-electron chi connectivity index (χ1n) is 19.3. The van der Waals surface area contributed by atoms with Crippen LogP contribution in [0.5, 0.6) is 5.75 Å². The van der Waals surface area contributed by atoms with Gasteiger partial charge in [0.1, 0.15) is 11.2 Å². The fraction of sp³-hybridized carbons (Fsp3) is 0.321. The van der Waals surface area contributed by atoms with Crippen molar-refractivity contribution in [2.45, 2.75) is 24.6 Å². The molecule has 4 nitrogen and oxygen atoms in total. The SMILES string of the molecule is [2H]c1c([2H])c([2H])c(C(C(N)=O)(c2c([2H])c([2H])c([2H])c([2H])c2[2H])[C@@H]2CCN(C([2H])([2H])C([2H])([2H])c3c([2H])c([2H])c4c(c3[2H])CC([2H])([2H])O4)C2)c([2H])c1[2H]. The Kier molecular flexibility index (Phi) is 2.29. The maximum absolute atomic E-state index is 13.9. The number of rotatable bonds is 7. The minimum atomic E-state index is -3.31. The molecule has 0 aromatic heterocycles. The maximum Gasteiger partial charge on any atom is 0.232 e. The standard InChI is InChI=1S/C28H30N2O2/c29-27(31)28(23-7-3-1-4-8-23,24-9-5-2-6-10-24)25-14-17-30(20-25)16-13-21-11-12-26-22(19-21)15-18-32-26/h1-12,19,25H,13-18,20H2,(H2,29,31)/t25-/m1/s1/i1D,2D,3D,4D,5D,6D,7D,8D,9D,10D,11D,12D,13D2,16D2,18D2,19D. The molecule has 164 valence electrons. The summed E-state index contributed by atoms with van der Waals surface area (Å²) in [5, 5.41) is 0. The van der Waals surface area contributed by atoms with E-state index >= 15 is 0 Å². The Morgan fingerprint density at radius 2 is 1.81 bits per heavy atom. The second kappa shape index (κ2) is 8.79. The van der Waals surface area contributed by atoms with E-state index in [0.717, 1.165) is 4.90 Å². The zero-order valence-corrected chi connectivity index (χ0v) is 16.7. The molecule has 0 radical (unpaired) electrons. The van der Waals surface area contributed by atoms with Gasteiger partial charge in [-0.25, -0.2) is 0 Å². The van der Waals surface area contributed by atoms with Crippen LogP contribution in [0.1, 0.15) is 54.7 Å². The summed E-state index contributed by atoms with van der Waals surface area (Å²) in [6.45, 7) is -6.77. The van der Waals surface area contributed by atoms with Crippen molar-refractivity contribution in [1.82, 2.24) is 4.90 Å². The van der Waals surface area contributed by atoms with Gasteiger partial charge >= 0.3 is 0 Å². The monoisotopic (exact) mass is 445 g/mol. The summed E-state index contributed by atoms with van der Waals surface area (Å²) in [6, 6.07) is -11.9. The molecule has 0 bridgehead atoms. The van der Waals surface area contributed by atoms with Gasteiger partial charge in [0, 0.05) is 24.9 Å². The van der Waals surface area contributed by atoms with Crippen LogP contribution in [0.15, 0.2) is 78.6 Å². The molecule has 1 saturated heterocycles. The number of primary amides is 1. The number of hydrogen-bond acceptors (Lipinski definition) is 3. The number of ether oxygens (including phenoxy) is 1. The van der Waals surface area contributed by atoms with Gasteiger partial charge in [-0.05, 0) is 53.6 Å². The molecule has 2 aliphatic heterocycles. The lowest BCUT2D eigenvalue weighted by Gasteiger charge is -2.37. The van der Waals surface area contributed by atoms with Gasteiger partial charge in [-0.2, -0.15) is 0 Å². The Balaban J connectivity index is 1.75. The van der Waals surface area contributed by atoms with Gasteiger partial charge in [0.05, 0.1) is 27.1 Å². The topological polar surface area (TPSA) is 55.6 Å². The highest BCUT2D eigenvalue weighted by Gasteiger charge is 2.49. The van der Waals surface area contributed by atoms with Gasteiger partial charge in [-0.1, -0.05) is 72.5 Å². The Morgan fingerprint density at radius 3 is 2.47 bits per heavy atom. The summed E-state index contributed by atoms with van der Waals surface area (Å²) in [6.07, 6.45) is -4.26. The lowest BCUT2D eigenvalue weighted by Crippen LogP contribution is -2.49. The minimum absolute atomic E-state index is 0.245. The molecule has 0 saturated carbocycles. The van der Waals surface area contributed by atoms with E-state index < -0.39 is 157 Å². The molecule has 5 rings (SSSR count). The second-order valence-corrected chi connectivity index (χ2v) is 7.32. The van der Waals surface area contributed by atoms with E-state index in [4.69, 9.17) is 36.5 Å². The van der Waals surface area contributed by atoms with Crippen molar-refractivity contribution in [3.05, 3.63) is 101 Å². The Labute approximate surface area is 216 Å². The smallest absolute Gasteiger partial charge is 0.232 e. The van der Waals surface area contributed by atoms with Crippen LogP contribution >= 0.6 is 0 Å². The molecular formula is C28H30N2O2. The Morgan fingerprint density at radius 1 is 1.12 bits per heavy atom. The number of carbonyl (C=O) groups is 1. The van der Waals surface area contributed by atoms with E-state index in [1.165, 1.54) is 0 Å². The molecule has 2 aliphatic rings. The lowest BCUT2D eigenvalue weighted by molar-refractivity contribution is -0.123. The van der Waals surface area contributed by atoms with Crippen LogP contribution in [0.2, 0.25) is 0 Å². The third-order valence-electron chi connectivity index (χ3n) is 5.59. The first-order chi connectivity index (χ1) is 23.3. The average Bonchev–Trinajstić information content (AvgIpc) is 3.68. The first-order valence-corrected chi connectivity index (χ1v) is 9.82. The third kappa shape index (κ3) is 3.69. The number of carbonyl (C=O) groups excluding carboxylic acids is 1. The predicted octanol–water partition coefficient (Wildman–Crippen LogP) is 3.96. The normalized spacial score (nSPS) is 29.2. The van der Waals surface area contributed by atoms with Crippen molar-refractivity contribution in [2.75, 3.05) is 26.1 Å². The molecule has 1 fully saturated rings. The van der Waals surface area contributed by atoms with Crippen molar-refractivity contribution < 1.29 is 35.6 Å². The Bertz CT molecular complexity index is 1890. The van der Waals surface area contributed by atoms with Gasteiger partial charge in [-0.15, -0.1) is 0 Å². The van der Waals surface area contributed by atoms with Gasteiger partial charge < -0.3 is 15.4 Å². The zero-order chi connectivity index (χ0) is 38.7. The van der Waals surface area contributed by atoms with Gasteiger partial charge in [0.25, 0.3) is 0 Å². The summed E-state index contributed by atoms with van der Waals surface area (Å²) in [7, 11) is 0. The van der Waals surface area contributed by atoms with Gasteiger partial charge in [0.15, 0.2) is 0 Å². The number of benzene rings is 3. The molecule has 2 heterocycles. The largest absolute Gasteiger partial charge is 0.493 e. The fourth-order valence-corrected chi connectivity index (χ4v) is 4.11. The highest BCUT2D eigenvalue weighted by molar-refractivity contribution is 5.91. The molecule has 2 N–H and O–H groups in total. The van der Waals surface area contributed by atoms with E-state index in [9.17, 15) is 4.79 Å². The van der Waals surface area contributed by atoms with E-state index in [1.807, 2.05) is 0 Å². The molecule has 1 amide bonds. The van der Waals surface area contributed by atoms with E-state index in [-0.39, 0.29) is 12.0 Å². The van der Waals surface area contributed by atoms with Gasteiger partial charge in [-0.3, -0.25) is 4.79 Å². The summed E-state index contributed by atoms with van der Waals surface area (Å²) in [5.74, 6) is -3.46. The number of nitrogens with two attached hydrogens (primary N) is 1. The predicted molar refractivity (Wildman–Crippen MR) is 127 cm³/mol. The Hall–Kier alpha value is -3.11. The molecule has 0 unspecified atom stereocenters. The number of nitrogens with zero attached hydrogens (tertiary/aromatic N) is 1. The van der Waals surface area contributed by atoms with E-state index in [1.54, 1.807) is 0 Å². The third-order valence-corrected chi connectivity index (χ3v) is 5.59. The summed E-state index contributed by atoms with van der Waals surface area (Å²) >= 11 is 0. The molecule has 3 aromatic carbocycles. The van der Waals surface area contributed by atoms with Crippen LogP contribution in [0.4, 0.5) is 0 Å². The van der Waals surface area contributed by atoms with E-state index in [0.29, 0.717) is 0 Å². The first kappa shape index (κ1) is 8.35. The number of likely N-dealkylation sites (tertiary alicyclic amines) is 1. The minimum Gasteiger partial charge on any atom is -0.493 e. The number of amides is 1. The van der Waals surface area contributed by atoms with Crippen molar-refractivity contribution >= 4 is 5.91 Å². The van der Waals surface area contributed by atoms with Crippen LogP contribution in [0.3, 0.4) is 0 Å². The van der Waals surface area contributed by atoms with Crippen LogP contribution < -0.4 is 10.5 Å². The van der Waals surface area contributed by atoms with Crippen LogP contribution in [-0.2, 0) is 23.0 Å². The average molecular weight is 446 g/mol. The van der Waals surface area contributed by atoms with Crippen molar-refractivity contribution in [1.29, 1.82) is 0 Å². The van der Waals surface area contributed by atoms with Crippen molar-refractivity contribution in [3.63, 3.8) is 0 Å². The number of fused-ring (bicyclic) bond motifs is 1. The molecule has 3 aromatic rings. The van der Waals surface area contributed by atoms with E-state index in [2.05, 4.69) is 0 Å². The molecule has 32 heavy (non-hydrogen) atoms. The highest BCUT2D eigenvalue weighted by atomic mass is 16.5. The molecule has 4 heteroatoms.